The third-order valence-corrected chi connectivity index (χ3v) is 3.60. The molecule has 0 radical (unpaired) electrons. The average Bonchev–Trinajstić information content (AvgIpc) is 2.70. The van der Waals surface area contributed by atoms with E-state index in [4.69, 9.17) is 4.74 Å². The highest BCUT2D eigenvalue weighted by atomic mass is 16.5. The third-order valence-electron chi connectivity index (χ3n) is 3.60. The summed E-state index contributed by atoms with van der Waals surface area (Å²) < 4.78 is 5.64. The van der Waals surface area contributed by atoms with Gasteiger partial charge in [-0.25, -0.2) is 4.79 Å². The number of hydrogen-bond acceptors (Lipinski definition) is 3. The Bertz CT molecular complexity index is 542. The van der Waals surface area contributed by atoms with E-state index in [2.05, 4.69) is 5.32 Å². The highest BCUT2D eigenvalue weighted by Gasteiger charge is 2.37. The van der Waals surface area contributed by atoms with Crippen LogP contribution in [0, 0.1) is 12.8 Å². The van der Waals surface area contributed by atoms with E-state index in [1.807, 2.05) is 45.0 Å². The van der Waals surface area contributed by atoms with E-state index >= 15 is 0 Å². The SMILES string of the molecule is Cc1cccc(OCCCN2C(=O)NC(CC(C)C)C2=O)c1. The molecule has 22 heavy (non-hydrogen) atoms. The van der Waals surface area contributed by atoms with Gasteiger partial charge in [0.25, 0.3) is 5.91 Å². The van der Waals surface area contributed by atoms with Gasteiger partial charge in [0.2, 0.25) is 0 Å². The molecule has 0 aromatic heterocycles. The lowest BCUT2D eigenvalue weighted by atomic mass is 10.0. The van der Waals surface area contributed by atoms with E-state index in [1.54, 1.807) is 0 Å². The fourth-order valence-electron chi connectivity index (χ4n) is 2.54. The number of aryl methyl sites for hydroxylation is 1. The van der Waals surface area contributed by atoms with Crippen LogP contribution in [0.25, 0.3) is 0 Å². The van der Waals surface area contributed by atoms with Crippen molar-refractivity contribution < 1.29 is 14.3 Å². The summed E-state index contributed by atoms with van der Waals surface area (Å²) in [5, 5.41) is 2.75. The molecule has 1 saturated heterocycles. The number of rotatable bonds is 7. The van der Waals surface area contributed by atoms with Gasteiger partial charge in [-0.3, -0.25) is 9.69 Å². The van der Waals surface area contributed by atoms with E-state index < -0.39 is 0 Å². The molecule has 0 aliphatic carbocycles. The van der Waals surface area contributed by atoms with Crippen molar-refractivity contribution in [2.75, 3.05) is 13.2 Å². The lowest BCUT2D eigenvalue weighted by molar-refractivity contribution is -0.127. The van der Waals surface area contributed by atoms with Crippen LogP contribution in [0.2, 0.25) is 0 Å². The molecule has 1 aliphatic heterocycles. The predicted octanol–water partition coefficient (Wildman–Crippen LogP) is 2.73. The van der Waals surface area contributed by atoms with E-state index in [1.165, 1.54) is 4.90 Å². The number of hydrogen-bond donors (Lipinski definition) is 1. The molecule has 1 N–H and O–H groups in total. The minimum absolute atomic E-state index is 0.116. The van der Waals surface area contributed by atoms with Gasteiger partial charge in [-0.05, 0) is 43.4 Å². The molecular weight excluding hydrogens is 280 g/mol. The Hall–Kier alpha value is -2.04. The minimum atomic E-state index is -0.370. The first kappa shape index (κ1) is 16.3. The first-order valence-corrected chi connectivity index (χ1v) is 7.78. The number of nitrogens with one attached hydrogen (secondary N) is 1. The summed E-state index contributed by atoms with van der Waals surface area (Å²) in [6.07, 6.45) is 1.31. The van der Waals surface area contributed by atoms with Crippen LogP contribution in [0.5, 0.6) is 5.75 Å². The summed E-state index contributed by atoms with van der Waals surface area (Å²) in [6, 6.07) is 7.16. The maximum atomic E-state index is 12.2. The van der Waals surface area contributed by atoms with Crippen molar-refractivity contribution in [1.82, 2.24) is 10.2 Å². The van der Waals surface area contributed by atoms with Gasteiger partial charge >= 0.3 is 6.03 Å². The Kier molecular flexibility index (Phi) is 5.41. The standard InChI is InChI=1S/C17H24N2O3/c1-12(2)10-15-16(20)19(17(21)18-15)8-5-9-22-14-7-4-6-13(3)11-14/h4,6-7,11-12,15H,5,8-10H2,1-3H3,(H,18,21). The van der Waals surface area contributed by atoms with Crippen molar-refractivity contribution in [2.24, 2.45) is 5.92 Å². The fourth-order valence-corrected chi connectivity index (χ4v) is 2.54. The lowest BCUT2D eigenvalue weighted by Crippen LogP contribution is -2.33. The molecule has 5 nitrogen and oxygen atoms in total. The Morgan fingerprint density at radius 3 is 2.77 bits per heavy atom. The molecule has 0 saturated carbocycles. The second-order valence-corrected chi connectivity index (χ2v) is 6.14. The normalized spacial score (nSPS) is 18.0. The summed E-state index contributed by atoms with van der Waals surface area (Å²) in [7, 11) is 0. The highest BCUT2D eigenvalue weighted by molar-refractivity contribution is 6.04. The summed E-state index contributed by atoms with van der Waals surface area (Å²) in [5.41, 5.74) is 1.14. The first-order chi connectivity index (χ1) is 10.5. The van der Waals surface area contributed by atoms with Crippen molar-refractivity contribution >= 4 is 11.9 Å². The zero-order chi connectivity index (χ0) is 16.1. The van der Waals surface area contributed by atoms with Crippen LogP contribution in [0.1, 0.15) is 32.3 Å². The van der Waals surface area contributed by atoms with Crippen LogP contribution in [0.3, 0.4) is 0 Å². The molecule has 3 amide bonds. The van der Waals surface area contributed by atoms with Crippen molar-refractivity contribution in [3.8, 4) is 5.75 Å². The first-order valence-electron chi connectivity index (χ1n) is 7.78. The van der Waals surface area contributed by atoms with Gasteiger partial charge in [0.1, 0.15) is 11.8 Å². The number of carbonyl (C=O) groups is 2. The number of nitrogens with zero attached hydrogens (tertiary/aromatic N) is 1. The average molecular weight is 304 g/mol. The zero-order valence-corrected chi connectivity index (χ0v) is 13.5. The van der Waals surface area contributed by atoms with Crippen LogP contribution in [-0.2, 0) is 4.79 Å². The highest BCUT2D eigenvalue weighted by Crippen LogP contribution is 2.15. The maximum absolute atomic E-state index is 12.2. The monoisotopic (exact) mass is 304 g/mol. The molecule has 5 heteroatoms. The van der Waals surface area contributed by atoms with Crippen LogP contribution in [0.4, 0.5) is 4.79 Å². The maximum Gasteiger partial charge on any atom is 0.324 e. The number of benzene rings is 1. The Morgan fingerprint density at radius 1 is 1.32 bits per heavy atom. The molecule has 1 fully saturated rings. The summed E-state index contributed by atoms with van der Waals surface area (Å²) in [5.74, 6) is 1.07. The summed E-state index contributed by atoms with van der Waals surface area (Å²) >= 11 is 0. The van der Waals surface area contributed by atoms with Crippen molar-refractivity contribution in [2.45, 2.75) is 39.7 Å². The van der Waals surface area contributed by atoms with Crippen molar-refractivity contribution in [3.05, 3.63) is 29.8 Å². The molecule has 1 aliphatic rings. The lowest BCUT2D eigenvalue weighted by Gasteiger charge is -2.14. The molecule has 1 aromatic rings. The number of carbonyl (C=O) groups excluding carboxylic acids is 2. The second kappa shape index (κ2) is 7.29. The Balaban J connectivity index is 1.77. The molecular formula is C17H24N2O3. The van der Waals surface area contributed by atoms with Crippen LogP contribution in [0.15, 0.2) is 24.3 Å². The molecule has 0 spiro atoms. The largest absolute Gasteiger partial charge is 0.494 e. The number of imide groups is 1. The third kappa shape index (κ3) is 4.23. The van der Waals surface area contributed by atoms with Gasteiger partial charge < -0.3 is 10.1 Å². The van der Waals surface area contributed by atoms with Gasteiger partial charge in [-0.15, -0.1) is 0 Å². The topological polar surface area (TPSA) is 58.6 Å². The fraction of sp³-hybridized carbons (Fsp3) is 0.529. The smallest absolute Gasteiger partial charge is 0.324 e. The van der Waals surface area contributed by atoms with Gasteiger partial charge in [0.15, 0.2) is 0 Å². The van der Waals surface area contributed by atoms with Crippen molar-refractivity contribution in [1.29, 1.82) is 0 Å². The number of ether oxygens (including phenoxy) is 1. The van der Waals surface area contributed by atoms with Gasteiger partial charge in [0, 0.05) is 6.54 Å². The molecule has 1 aromatic carbocycles. The molecule has 2 rings (SSSR count). The molecule has 1 heterocycles. The van der Waals surface area contributed by atoms with Crippen molar-refractivity contribution in [3.63, 3.8) is 0 Å². The predicted molar refractivity (Wildman–Crippen MR) is 84.8 cm³/mol. The van der Waals surface area contributed by atoms with Crippen LogP contribution < -0.4 is 10.1 Å². The van der Waals surface area contributed by atoms with Gasteiger partial charge in [0.05, 0.1) is 6.61 Å². The minimum Gasteiger partial charge on any atom is -0.494 e. The molecule has 0 bridgehead atoms. The van der Waals surface area contributed by atoms with Gasteiger partial charge in [-0.1, -0.05) is 26.0 Å². The van der Waals surface area contributed by atoms with E-state index in [0.29, 0.717) is 31.9 Å². The quantitative estimate of drug-likeness (QED) is 0.622. The van der Waals surface area contributed by atoms with Gasteiger partial charge in [-0.2, -0.15) is 0 Å². The molecule has 1 unspecified atom stereocenters. The summed E-state index contributed by atoms with van der Waals surface area (Å²) in [6.45, 7) is 6.96. The summed E-state index contributed by atoms with van der Waals surface area (Å²) in [4.78, 5) is 25.3. The zero-order valence-electron chi connectivity index (χ0n) is 13.5. The molecule has 120 valence electrons. The Labute approximate surface area is 131 Å². The Morgan fingerprint density at radius 2 is 2.09 bits per heavy atom. The van der Waals surface area contributed by atoms with Crippen LogP contribution >= 0.6 is 0 Å². The molecule has 1 atom stereocenters. The van der Waals surface area contributed by atoms with E-state index in [9.17, 15) is 9.59 Å². The second-order valence-electron chi connectivity index (χ2n) is 6.14. The van der Waals surface area contributed by atoms with E-state index in [-0.39, 0.29) is 18.0 Å². The number of amides is 3. The van der Waals surface area contributed by atoms with Crippen LogP contribution in [-0.4, -0.2) is 36.0 Å². The van der Waals surface area contributed by atoms with E-state index in [0.717, 1.165) is 11.3 Å². The number of urea groups is 1.